The number of hydrogen-bond donors (Lipinski definition) is 1. The summed E-state index contributed by atoms with van der Waals surface area (Å²) in [6.45, 7) is 2.19. The molecule has 0 radical (unpaired) electrons. The number of nitrogens with zero attached hydrogens (tertiary/aromatic N) is 6. The molecule has 1 aromatic carbocycles. The normalized spacial score (nSPS) is 12.1. The number of rotatable bonds is 9. The first-order valence-corrected chi connectivity index (χ1v) is 10.6. The summed E-state index contributed by atoms with van der Waals surface area (Å²) in [6, 6.07) is 8.05. The number of carbonyl (C=O) groups excluding carboxylic acids is 1. The highest BCUT2D eigenvalue weighted by Crippen LogP contribution is 2.25. The summed E-state index contributed by atoms with van der Waals surface area (Å²) in [5.74, 6) is 0.701. The first-order chi connectivity index (χ1) is 15.6. The summed E-state index contributed by atoms with van der Waals surface area (Å²) in [5, 5.41) is 17.8. The molecule has 0 saturated heterocycles. The van der Waals surface area contributed by atoms with Crippen molar-refractivity contribution in [3.63, 3.8) is 0 Å². The zero-order valence-electron chi connectivity index (χ0n) is 18.2. The van der Waals surface area contributed by atoms with E-state index < -0.39 is 0 Å². The van der Waals surface area contributed by atoms with Crippen LogP contribution in [0.1, 0.15) is 19.8 Å². The molecule has 0 aliphatic heterocycles. The second-order valence-electron chi connectivity index (χ2n) is 7.91. The third-order valence-corrected chi connectivity index (χ3v) is 5.47. The molecule has 4 rings (SSSR count). The molecule has 0 spiro atoms. The van der Waals surface area contributed by atoms with Gasteiger partial charge in [-0.15, -0.1) is 0 Å². The van der Waals surface area contributed by atoms with Crippen LogP contribution >= 0.6 is 0 Å². The van der Waals surface area contributed by atoms with Crippen molar-refractivity contribution >= 4 is 5.78 Å². The van der Waals surface area contributed by atoms with Crippen LogP contribution in [0.5, 0.6) is 0 Å². The van der Waals surface area contributed by atoms with Crippen LogP contribution in [-0.4, -0.2) is 47.0 Å². The van der Waals surface area contributed by atoms with Gasteiger partial charge in [-0.3, -0.25) is 14.2 Å². The van der Waals surface area contributed by atoms with Crippen molar-refractivity contribution in [2.45, 2.75) is 26.3 Å². The summed E-state index contributed by atoms with van der Waals surface area (Å²) in [4.78, 5) is 21.3. The zero-order chi connectivity index (χ0) is 22.5. The van der Waals surface area contributed by atoms with E-state index in [0.717, 1.165) is 34.2 Å². The summed E-state index contributed by atoms with van der Waals surface area (Å²) >= 11 is 0. The lowest BCUT2D eigenvalue weighted by Crippen LogP contribution is -2.16. The Hall–Kier alpha value is -3.65. The fourth-order valence-corrected chi connectivity index (χ4v) is 3.54. The van der Waals surface area contributed by atoms with Crippen LogP contribution in [0.2, 0.25) is 0 Å². The SMILES string of the molecule is CCC(CO)CC(=O)Cn1cc(-c2cnc(-c3cccc(-c4cnn(C)c4)c3)nc2)cn1. The maximum absolute atomic E-state index is 12.2. The van der Waals surface area contributed by atoms with Crippen LogP contribution in [0.4, 0.5) is 0 Å². The smallest absolute Gasteiger partial charge is 0.159 e. The zero-order valence-corrected chi connectivity index (χ0v) is 18.2. The maximum atomic E-state index is 12.2. The quantitative estimate of drug-likeness (QED) is 0.437. The van der Waals surface area contributed by atoms with E-state index in [4.69, 9.17) is 0 Å². The van der Waals surface area contributed by atoms with Gasteiger partial charge in [0.2, 0.25) is 0 Å². The van der Waals surface area contributed by atoms with Gasteiger partial charge in [-0.25, -0.2) is 9.97 Å². The lowest BCUT2D eigenvalue weighted by Gasteiger charge is -2.09. The van der Waals surface area contributed by atoms with E-state index in [1.807, 2.05) is 56.8 Å². The fraction of sp³-hybridized carbons (Fsp3) is 0.292. The molecule has 0 aliphatic carbocycles. The number of hydrogen-bond acceptors (Lipinski definition) is 6. The Bertz CT molecular complexity index is 1190. The van der Waals surface area contributed by atoms with E-state index in [2.05, 4.69) is 20.2 Å². The highest BCUT2D eigenvalue weighted by atomic mass is 16.3. The number of aliphatic hydroxyl groups excluding tert-OH is 1. The molecule has 1 unspecified atom stereocenters. The molecule has 3 heterocycles. The van der Waals surface area contributed by atoms with Crippen LogP contribution in [0.15, 0.2) is 61.4 Å². The molecule has 164 valence electrons. The van der Waals surface area contributed by atoms with Crippen molar-refractivity contribution in [2.75, 3.05) is 6.61 Å². The molecular weight excluding hydrogens is 404 g/mol. The Balaban J connectivity index is 1.46. The number of benzene rings is 1. The number of aromatic nitrogens is 6. The molecule has 0 bridgehead atoms. The molecule has 1 atom stereocenters. The van der Waals surface area contributed by atoms with Crippen molar-refractivity contribution in [3.8, 4) is 33.6 Å². The third-order valence-electron chi connectivity index (χ3n) is 5.47. The van der Waals surface area contributed by atoms with Gasteiger partial charge >= 0.3 is 0 Å². The van der Waals surface area contributed by atoms with Crippen molar-refractivity contribution in [2.24, 2.45) is 13.0 Å². The van der Waals surface area contributed by atoms with Gasteiger partial charge in [-0.05, 0) is 17.5 Å². The second-order valence-corrected chi connectivity index (χ2v) is 7.91. The number of carbonyl (C=O) groups is 1. The van der Waals surface area contributed by atoms with Crippen molar-refractivity contribution in [1.29, 1.82) is 0 Å². The molecule has 0 fully saturated rings. The minimum absolute atomic E-state index is 0.00938. The van der Waals surface area contributed by atoms with Crippen molar-refractivity contribution < 1.29 is 9.90 Å². The Morgan fingerprint density at radius 1 is 0.969 bits per heavy atom. The number of Topliss-reactive ketones (excluding diaryl/α,β-unsaturated/α-hetero) is 1. The highest BCUT2D eigenvalue weighted by Gasteiger charge is 2.13. The van der Waals surface area contributed by atoms with Crippen LogP contribution in [0.25, 0.3) is 33.6 Å². The first kappa shape index (κ1) is 21.6. The molecule has 0 aliphatic rings. The van der Waals surface area contributed by atoms with Gasteiger partial charge < -0.3 is 5.11 Å². The minimum atomic E-state index is 0.00938. The number of aliphatic hydroxyl groups is 1. The summed E-state index contributed by atoms with van der Waals surface area (Å²) in [5.41, 5.74) is 4.70. The molecular formula is C24H26N6O2. The monoisotopic (exact) mass is 430 g/mol. The van der Waals surface area contributed by atoms with Gasteiger partial charge in [0.05, 0.1) is 18.9 Å². The van der Waals surface area contributed by atoms with Gasteiger partial charge in [0.25, 0.3) is 0 Å². The lowest BCUT2D eigenvalue weighted by molar-refractivity contribution is -0.121. The number of aryl methyl sites for hydroxylation is 1. The average molecular weight is 431 g/mol. The van der Waals surface area contributed by atoms with Gasteiger partial charge in [0, 0.05) is 67.1 Å². The Morgan fingerprint density at radius 3 is 2.38 bits per heavy atom. The molecule has 0 saturated carbocycles. The van der Waals surface area contributed by atoms with Crippen LogP contribution < -0.4 is 0 Å². The first-order valence-electron chi connectivity index (χ1n) is 10.6. The van der Waals surface area contributed by atoms with Crippen molar-refractivity contribution in [3.05, 3.63) is 61.4 Å². The van der Waals surface area contributed by atoms with Gasteiger partial charge in [0.1, 0.15) is 0 Å². The fourth-order valence-electron chi connectivity index (χ4n) is 3.54. The van der Waals surface area contributed by atoms with Gasteiger partial charge in [-0.2, -0.15) is 10.2 Å². The Kier molecular flexibility index (Phi) is 6.51. The van der Waals surface area contributed by atoms with E-state index in [9.17, 15) is 9.90 Å². The molecule has 1 N–H and O–H groups in total. The summed E-state index contributed by atoms with van der Waals surface area (Å²) in [6.07, 6.45) is 12.0. The highest BCUT2D eigenvalue weighted by molar-refractivity contribution is 5.78. The van der Waals surface area contributed by atoms with Gasteiger partial charge in [0.15, 0.2) is 11.6 Å². The molecule has 4 aromatic rings. The second kappa shape index (κ2) is 9.65. The summed E-state index contributed by atoms with van der Waals surface area (Å²) in [7, 11) is 1.89. The third kappa shape index (κ3) is 4.97. The Labute approximate surface area is 186 Å². The molecule has 0 amide bonds. The topological polar surface area (TPSA) is 98.7 Å². The predicted molar refractivity (Wildman–Crippen MR) is 121 cm³/mol. The van der Waals surface area contributed by atoms with Crippen molar-refractivity contribution in [1.82, 2.24) is 29.5 Å². The van der Waals surface area contributed by atoms with E-state index in [-0.39, 0.29) is 24.9 Å². The minimum Gasteiger partial charge on any atom is -0.396 e. The lowest BCUT2D eigenvalue weighted by atomic mass is 10.0. The maximum Gasteiger partial charge on any atom is 0.159 e. The van der Waals surface area contributed by atoms with E-state index in [1.165, 1.54) is 0 Å². The standard InChI is InChI=1S/C24H26N6O2/c1-3-17(16-31)7-23(32)15-30-14-22(12-28-30)20-9-25-24(26-10-20)19-6-4-5-18(8-19)21-11-27-29(2)13-21/h4-6,8-14,17,31H,3,7,15-16H2,1-2H3. The van der Waals surface area contributed by atoms with E-state index >= 15 is 0 Å². The largest absolute Gasteiger partial charge is 0.396 e. The van der Waals surface area contributed by atoms with Gasteiger partial charge in [-0.1, -0.05) is 31.5 Å². The van der Waals surface area contributed by atoms with E-state index in [1.54, 1.807) is 28.0 Å². The molecule has 8 nitrogen and oxygen atoms in total. The van der Waals surface area contributed by atoms with Crippen LogP contribution in [0.3, 0.4) is 0 Å². The molecule has 3 aromatic heterocycles. The molecule has 32 heavy (non-hydrogen) atoms. The molecule has 8 heteroatoms. The van der Waals surface area contributed by atoms with Crippen LogP contribution in [-0.2, 0) is 18.4 Å². The number of ketones is 1. The van der Waals surface area contributed by atoms with E-state index in [0.29, 0.717) is 12.2 Å². The average Bonchev–Trinajstić information content (AvgIpc) is 3.47. The van der Waals surface area contributed by atoms with Crippen LogP contribution in [0, 0.1) is 5.92 Å². The predicted octanol–water partition coefficient (Wildman–Crippen LogP) is 3.39. The summed E-state index contributed by atoms with van der Waals surface area (Å²) < 4.78 is 3.39. The Morgan fingerprint density at radius 2 is 1.69 bits per heavy atom.